The normalized spacial score (nSPS) is 21.8. The number of carboxylic acid groups (broad SMARTS) is 1. The summed E-state index contributed by atoms with van der Waals surface area (Å²) in [4.78, 5) is 22.9. The minimum atomic E-state index is -0.799. The van der Waals surface area contributed by atoms with Gasteiger partial charge in [0.05, 0.1) is 5.92 Å². The molecular formula is C15H17ClFNO3. The molecule has 0 unspecified atom stereocenters. The maximum Gasteiger partial charge on any atom is 0.306 e. The molecule has 1 aliphatic rings. The lowest BCUT2D eigenvalue weighted by Crippen LogP contribution is -2.34. The Kier molecular flexibility index (Phi) is 5.17. The number of amides is 1. The van der Waals surface area contributed by atoms with E-state index in [0.717, 1.165) is 0 Å². The first-order chi connectivity index (χ1) is 9.99. The van der Waals surface area contributed by atoms with Crippen LogP contribution in [-0.4, -0.2) is 17.0 Å². The minimum Gasteiger partial charge on any atom is -0.481 e. The first-order valence-electron chi connectivity index (χ1n) is 6.92. The zero-order valence-electron chi connectivity index (χ0n) is 11.4. The molecule has 1 aromatic carbocycles. The first-order valence-corrected chi connectivity index (χ1v) is 7.30. The number of nitrogens with one attached hydrogen (secondary N) is 1. The third-order valence-electron chi connectivity index (χ3n) is 3.95. The molecule has 0 aliphatic heterocycles. The highest BCUT2D eigenvalue weighted by atomic mass is 35.5. The molecule has 1 aromatic rings. The summed E-state index contributed by atoms with van der Waals surface area (Å²) < 4.78 is 13.6. The predicted molar refractivity (Wildman–Crippen MR) is 76.3 cm³/mol. The summed E-state index contributed by atoms with van der Waals surface area (Å²) in [5.41, 5.74) is 0.270. The number of halogens is 2. The molecule has 6 heteroatoms. The lowest BCUT2D eigenvalue weighted by molar-refractivity contribution is -0.144. The fourth-order valence-electron chi connectivity index (χ4n) is 2.62. The molecule has 0 spiro atoms. The van der Waals surface area contributed by atoms with Crippen LogP contribution >= 0.6 is 11.6 Å². The van der Waals surface area contributed by atoms with Gasteiger partial charge in [-0.05, 0) is 37.8 Å². The van der Waals surface area contributed by atoms with E-state index in [1.54, 1.807) is 6.07 Å². The van der Waals surface area contributed by atoms with Gasteiger partial charge in [0.25, 0.3) is 0 Å². The zero-order chi connectivity index (χ0) is 15.4. The molecule has 0 aromatic heterocycles. The smallest absolute Gasteiger partial charge is 0.306 e. The van der Waals surface area contributed by atoms with Crippen molar-refractivity contribution in [2.75, 3.05) is 0 Å². The number of benzene rings is 1. The van der Waals surface area contributed by atoms with Crippen molar-refractivity contribution in [1.82, 2.24) is 5.32 Å². The largest absolute Gasteiger partial charge is 0.481 e. The van der Waals surface area contributed by atoms with Crippen molar-refractivity contribution in [3.63, 3.8) is 0 Å². The third-order valence-corrected chi connectivity index (χ3v) is 4.30. The Morgan fingerprint density at radius 1 is 1.24 bits per heavy atom. The van der Waals surface area contributed by atoms with Crippen molar-refractivity contribution in [2.24, 2.45) is 11.8 Å². The summed E-state index contributed by atoms with van der Waals surface area (Å²) >= 11 is 5.90. The molecule has 0 atom stereocenters. The van der Waals surface area contributed by atoms with E-state index >= 15 is 0 Å². The fourth-order valence-corrected chi connectivity index (χ4v) is 2.85. The predicted octanol–water partition coefficient (Wildman–Crippen LogP) is 2.99. The van der Waals surface area contributed by atoms with Gasteiger partial charge in [-0.1, -0.05) is 17.7 Å². The Morgan fingerprint density at radius 3 is 2.43 bits per heavy atom. The number of rotatable bonds is 4. The molecule has 0 heterocycles. The van der Waals surface area contributed by atoms with E-state index < -0.39 is 11.8 Å². The average molecular weight is 314 g/mol. The van der Waals surface area contributed by atoms with Crippen molar-refractivity contribution in [3.05, 3.63) is 34.6 Å². The Hall–Kier alpha value is -1.62. The van der Waals surface area contributed by atoms with Gasteiger partial charge in [0.1, 0.15) is 5.82 Å². The van der Waals surface area contributed by atoms with Crippen LogP contribution in [-0.2, 0) is 16.1 Å². The van der Waals surface area contributed by atoms with E-state index in [1.165, 1.54) is 12.1 Å². The van der Waals surface area contributed by atoms with Gasteiger partial charge in [0.2, 0.25) is 5.91 Å². The van der Waals surface area contributed by atoms with Crippen molar-refractivity contribution < 1.29 is 19.1 Å². The topological polar surface area (TPSA) is 66.4 Å². The molecule has 2 N–H and O–H groups in total. The van der Waals surface area contributed by atoms with Gasteiger partial charge < -0.3 is 10.4 Å². The van der Waals surface area contributed by atoms with E-state index in [1.807, 2.05) is 0 Å². The highest BCUT2D eigenvalue weighted by Crippen LogP contribution is 2.29. The lowest BCUT2D eigenvalue weighted by Gasteiger charge is -2.25. The molecule has 1 aliphatic carbocycles. The number of carbonyl (C=O) groups is 2. The molecular weight excluding hydrogens is 297 g/mol. The Bertz CT molecular complexity index is 521. The summed E-state index contributed by atoms with van der Waals surface area (Å²) in [6.45, 7) is 0.0448. The Morgan fingerprint density at radius 2 is 1.86 bits per heavy atom. The quantitative estimate of drug-likeness (QED) is 0.898. The molecule has 0 radical (unpaired) electrons. The maximum atomic E-state index is 13.6. The summed E-state index contributed by atoms with van der Waals surface area (Å²) in [5, 5.41) is 11.9. The number of aliphatic carboxylic acids is 1. The van der Waals surface area contributed by atoms with Crippen LogP contribution in [0, 0.1) is 17.7 Å². The third kappa shape index (κ3) is 3.94. The Labute approximate surface area is 127 Å². The van der Waals surface area contributed by atoms with Gasteiger partial charge in [-0.15, -0.1) is 0 Å². The number of carbonyl (C=O) groups excluding carboxylic acids is 1. The van der Waals surface area contributed by atoms with Crippen LogP contribution in [0.3, 0.4) is 0 Å². The second-order valence-electron chi connectivity index (χ2n) is 5.30. The highest BCUT2D eigenvalue weighted by Gasteiger charge is 2.29. The van der Waals surface area contributed by atoms with E-state index in [4.69, 9.17) is 16.7 Å². The molecule has 1 saturated carbocycles. The molecule has 4 nitrogen and oxygen atoms in total. The van der Waals surface area contributed by atoms with Gasteiger partial charge in [-0.2, -0.15) is 0 Å². The lowest BCUT2D eigenvalue weighted by atomic mass is 9.81. The second kappa shape index (κ2) is 6.89. The van der Waals surface area contributed by atoms with Crippen LogP contribution in [0.15, 0.2) is 18.2 Å². The van der Waals surface area contributed by atoms with Crippen LogP contribution in [0.25, 0.3) is 0 Å². The molecule has 1 fully saturated rings. The summed E-state index contributed by atoms with van der Waals surface area (Å²) in [6.07, 6.45) is 2.11. The van der Waals surface area contributed by atoms with E-state index in [0.29, 0.717) is 25.7 Å². The maximum absolute atomic E-state index is 13.6. The van der Waals surface area contributed by atoms with Gasteiger partial charge >= 0.3 is 5.97 Å². The SMILES string of the molecule is O=C(O)C1CCC(C(=O)NCc2c(F)cccc2Cl)CC1. The van der Waals surface area contributed by atoms with E-state index in [9.17, 15) is 14.0 Å². The van der Waals surface area contributed by atoms with Crippen LogP contribution in [0.1, 0.15) is 31.2 Å². The second-order valence-corrected chi connectivity index (χ2v) is 5.71. The van der Waals surface area contributed by atoms with Gasteiger partial charge in [-0.25, -0.2) is 4.39 Å². The number of carboxylic acids is 1. The minimum absolute atomic E-state index is 0.0448. The molecule has 21 heavy (non-hydrogen) atoms. The van der Waals surface area contributed by atoms with Crippen LogP contribution in [0.5, 0.6) is 0 Å². The van der Waals surface area contributed by atoms with E-state index in [-0.39, 0.29) is 34.9 Å². The van der Waals surface area contributed by atoms with Gasteiger partial charge in [0, 0.05) is 23.0 Å². The van der Waals surface area contributed by atoms with Gasteiger partial charge in [0.15, 0.2) is 0 Å². The zero-order valence-corrected chi connectivity index (χ0v) is 12.2. The molecule has 2 rings (SSSR count). The van der Waals surface area contributed by atoms with Crippen LogP contribution in [0.4, 0.5) is 4.39 Å². The van der Waals surface area contributed by atoms with E-state index in [2.05, 4.69) is 5.32 Å². The molecule has 0 saturated heterocycles. The van der Waals surface area contributed by atoms with Gasteiger partial charge in [-0.3, -0.25) is 9.59 Å². The van der Waals surface area contributed by atoms with Crippen LogP contribution < -0.4 is 5.32 Å². The summed E-state index contributed by atoms with van der Waals surface area (Å²) in [5.74, 6) is -1.97. The van der Waals surface area contributed by atoms with Crippen molar-refractivity contribution >= 4 is 23.5 Å². The van der Waals surface area contributed by atoms with Crippen molar-refractivity contribution in [3.8, 4) is 0 Å². The number of hydrogen-bond acceptors (Lipinski definition) is 2. The monoisotopic (exact) mass is 313 g/mol. The standard InChI is InChI=1S/C15H17ClFNO3/c16-12-2-1-3-13(17)11(12)8-18-14(19)9-4-6-10(7-5-9)15(20)21/h1-3,9-10H,4-8H2,(H,18,19)(H,20,21). The average Bonchev–Trinajstić information content (AvgIpc) is 2.46. The molecule has 1 amide bonds. The summed E-state index contributed by atoms with van der Waals surface area (Å²) in [7, 11) is 0. The Balaban J connectivity index is 1.87. The first kappa shape index (κ1) is 15.8. The van der Waals surface area contributed by atoms with Crippen molar-refractivity contribution in [1.29, 1.82) is 0 Å². The van der Waals surface area contributed by atoms with Crippen molar-refractivity contribution in [2.45, 2.75) is 32.2 Å². The van der Waals surface area contributed by atoms with Crippen LogP contribution in [0.2, 0.25) is 5.02 Å². The highest BCUT2D eigenvalue weighted by molar-refractivity contribution is 6.31. The molecule has 0 bridgehead atoms. The summed E-state index contributed by atoms with van der Waals surface area (Å²) in [6, 6.07) is 4.38. The fraction of sp³-hybridized carbons (Fsp3) is 0.467. The number of hydrogen-bond donors (Lipinski definition) is 2. The molecule has 114 valence electrons.